The summed E-state index contributed by atoms with van der Waals surface area (Å²) in [5, 5.41) is 0. The van der Waals surface area contributed by atoms with E-state index in [1.54, 1.807) is 0 Å². The molecule has 0 N–H and O–H groups in total. The first-order chi connectivity index (χ1) is 7.22. The van der Waals surface area contributed by atoms with Crippen molar-refractivity contribution in [2.24, 2.45) is 0 Å². The van der Waals surface area contributed by atoms with E-state index < -0.39 is 0 Å². The number of fused-ring (bicyclic) bond motifs is 1. The Hall–Kier alpha value is -1.06. The van der Waals surface area contributed by atoms with Crippen LogP contribution in [0.25, 0.3) is 0 Å². The number of amides is 2. The molecule has 1 atom stereocenters. The summed E-state index contributed by atoms with van der Waals surface area (Å²) < 4.78 is 0. The zero-order valence-electron chi connectivity index (χ0n) is 9.24. The van der Waals surface area contributed by atoms with Crippen molar-refractivity contribution in [2.45, 2.75) is 38.6 Å². The summed E-state index contributed by atoms with van der Waals surface area (Å²) in [6.45, 7) is 4.23. The van der Waals surface area contributed by atoms with Crippen LogP contribution < -0.4 is 0 Å². The molecule has 2 aliphatic rings. The predicted molar refractivity (Wildman–Crippen MR) is 56.2 cm³/mol. The molecular formula is C11H18N2O2. The van der Waals surface area contributed by atoms with E-state index in [4.69, 9.17) is 0 Å². The summed E-state index contributed by atoms with van der Waals surface area (Å²) in [4.78, 5) is 27.0. The minimum atomic E-state index is 0.247. The summed E-state index contributed by atoms with van der Waals surface area (Å²) in [5.41, 5.74) is 0. The lowest BCUT2D eigenvalue weighted by molar-refractivity contribution is -0.139. The third kappa shape index (κ3) is 1.98. The van der Waals surface area contributed by atoms with Crippen LogP contribution in [0.15, 0.2) is 0 Å². The molecule has 2 aliphatic heterocycles. The van der Waals surface area contributed by atoms with Crippen LogP contribution in [0.5, 0.6) is 0 Å². The molecule has 0 aromatic carbocycles. The predicted octanol–water partition coefficient (Wildman–Crippen LogP) is 0.620. The van der Waals surface area contributed by atoms with Gasteiger partial charge in [-0.1, -0.05) is 6.92 Å². The molecule has 2 fully saturated rings. The number of piperazine rings is 1. The Morgan fingerprint density at radius 2 is 2.27 bits per heavy atom. The highest BCUT2D eigenvalue weighted by Gasteiger charge is 2.36. The zero-order valence-corrected chi connectivity index (χ0v) is 9.24. The van der Waals surface area contributed by atoms with E-state index in [9.17, 15) is 9.59 Å². The number of nitrogens with zero attached hydrogens (tertiary/aromatic N) is 2. The lowest BCUT2D eigenvalue weighted by Crippen LogP contribution is -2.53. The van der Waals surface area contributed by atoms with Gasteiger partial charge in [-0.25, -0.2) is 0 Å². The number of carbonyl (C=O) groups excluding carboxylic acids is 2. The maximum Gasteiger partial charge on any atom is 0.223 e. The van der Waals surface area contributed by atoms with Gasteiger partial charge in [0.1, 0.15) is 0 Å². The molecule has 0 spiro atoms. The zero-order chi connectivity index (χ0) is 10.8. The topological polar surface area (TPSA) is 40.6 Å². The van der Waals surface area contributed by atoms with Crippen molar-refractivity contribution in [2.75, 3.05) is 19.6 Å². The molecule has 2 saturated heterocycles. The Balaban J connectivity index is 1.93. The average molecular weight is 210 g/mol. The van der Waals surface area contributed by atoms with E-state index in [1.165, 1.54) is 0 Å². The van der Waals surface area contributed by atoms with Crippen LogP contribution >= 0.6 is 0 Å². The summed E-state index contributed by atoms with van der Waals surface area (Å²) in [7, 11) is 0. The second kappa shape index (κ2) is 4.21. The molecule has 4 heteroatoms. The highest BCUT2D eigenvalue weighted by Crippen LogP contribution is 2.23. The van der Waals surface area contributed by atoms with Crippen molar-refractivity contribution in [1.29, 1.82) is 0 Å². The summed E-state index contributed by atoms with van der Waals surface area (Å²) in [6, 6.07) is 0.298. The van der Waals surface area contributed by atoms with Gasteiger partial charge in [-0.15, -0.1) is 0 Å². The quantitative estimate of drug-likeness (QED) is 0.670. The van der Waals surface area contributed by atoms with Crippen LogP contribution in [-0.4, -0.2) is 47.3 Å². The van der Waals surface area contributed by atoms with E-state index in [1.807, 2.05) is 16.7 Å². The van der Waals surface area contributed by atoms with E-state index in [0.29, 0.717) is 18.9 Å². The van der Waals surface area contributed by atoms with Crippen molar-refractivity contribution in [3.8, 4) is 0 Å². The van der Waals surface area contributed by atoms with Crippen molar-refractivity contribution in [3.63, 3.8) is 0 Å². The van der Waals surface area contributed by atoms with Crippen molar-refractivity contribution in [1.82, 2.24) is 9.80 Å². The molecule has 0 bridgehead atoms. The first-order valence-electron chi connectivity index (χ1n) is 5.79. The Morgan fingerprint density at radius 1 is 1.47 bits per heavy atom. The van der Waals surface area contributed by atoms with Gasteiger partial charge in [0.15, 0.2) is 0 Å². The molecule has 15 heavy (non-hydrogen) atoms. The van der Waals surface area contributed by atoms with Gasteiger partial charge in [0, 0.05) is 38.5 Å². The highest BCUT2D eigenvalue weighted by molar-refractivity contribution is 5.80. The van der Waals surface area contributed by atoms with Crippen LogP contribution in [0.3, 0.4) is 0 Å². The Morgan fingerprint density at radius 3 is 3.00 bits per heavy atom. The van der Waals surface area contributed by atoms with Crippen LogP contribution in [0.1, 0.15) is 32.6 Å². The monoisotopic (exact) mass is 210 g/mol. The average Bonchev–Trinajstić information content (AvgIpc) is 2.60. The molecule has 84 valence electrons. The fraction of sp³-hybridized carbons (Fsp3) is 0.818. The lowest BCUT2D eigenvalue weighted by atomic mass is 10.1. The molecule has 0 aromatic heterocycles. The number of rotatable bonds is 2. The number of hydrogen-bond donors (Lipinski definition) is 0. The van der Waals surface area contributed by atoms with E-state index >= 15 is 0 Å². The SMILES string of the molecule is CCCC(=O)N1CCN2C(=O)CCC2C1. The molecule has 2 amide bonds. The van der Waals surface area contributed by atoms with Gasteiger partial charge in [-0.05, 0) is 12.8 Å². The van der Waals surface area contributed by atoms with Crippen LogP contribution in [0.4, 0.5) is 0 Å². The van der Waals surface area contributed by atoms with Crippen molar-refractivity contribution in [3.05, 3.63) is 0 Å². The third-order valence-corrected chi connectivity index (χ3v) is 3.31. The summed E-state index contributed by atoms with van der Waals surface area (Å²) >= 11 is 0. The van der Waals surface area contributed by atoms with Crippen LogP contribution in [-0.2, 0) is 9.59 Å². The maximum absolute atomic E-state index is 11.7. The van der Waals surface area contributed by atoms with Crippen molar-refractivity contribution >= 4 is 11.8 Å². The van der Waals surface area contributed by atoms with Crippen molar-refractivity contribution < 1.29 is 9.59 Å². The molecular weight excluding hydrogens is 192 g/mol. The van der Waals surface area contributed by atoms with Gasteiger partial charge >= 0.3 is 0 Å². The molecule has 4 nitrogen and oxygen atoms in total. The molecule has 0 aliphatic carbocycles. The normalized spacial score (nSPS) is 25.7. The summed E-state index contributed by atoms with van der Waals surface area (Å²) in [6.07, 6.45) is 3.14. The molecule has 0 radical (unpaired) electrons. The summed E-state index contributed by atoms with van der Waals surface area (Å²) in [5.74, 6) is 0.513. The molecule has 0 saturated carbocycles. The standard InChI is InChI=1S/C11H18N2O2/c1-2-3-10(14)12-6-7-13-9(8-12)4-5-11(13)15/h9H,2-8H2,1H3. The minimum absolute atomic E-state index is 0.247. The van der Waals surface area contributed by atoms with Gasteiger partial charge < -0.3 is 9.80 Å². The first kappa shape index (κ1) is 10.5. The molecule has 2 rings (SSSR count). The third-order valence-electron chi connectivity index (χ3n) is 3.31. The second-order valence-corrected chi connectivity index (χ2v) is 4.37. The van der Waals surface area contributed by atoms with Gasteiger partial charge in [0.05, 0.1) is 0 Å². The smallest absolute Gasteiger partial charge is 0.223 e. The Labute approximate surface area is 90.2 Å². The molecule has 2 heterocycles. The fourth-order valence-electron chi connectivity index (χ4n) is 2.46. The number of carbonyl (C=O) groups is 2. The van der Waals surface area contributed by atoms with E-state index in [-0.39, 0.29) is 11.8 Å². The second-order valence-electron chi connectivity index (χ2n) is 4.37. The van der Waals surface area contributed by atoms with Crippen LogP contribution in [0, 0.1) is 0 Å². The fourth-order valence-corrected chi connectivity index (χ4v) is 2.46. The van der Waals surface area contributed by atoms with E-state index in [2.05, 4.69) is 0 Å². The van der Waals surface area contributed by atoms with Gasteiger partial charge in [0.2, 0.25) is 11.8 Å². The number of hydrogen-bond acceptors (Lipinski definition) is 2. The lowest BCUT2D eigenvalue weighted by Gasteiger charge is -2.37. The highest BCUT2D eigenvalue weighted by atomic mass is 16.2. The molecule has 0 aromatic rings. The van der Waals surface area contributed by atoms with Crippen LogP contribution in [0.2, 0.25) is 0 Å². The first-order valence-corrected chi connectivity index (χ1v) is 5.79. The minimum Gasteiger partial charge on any atom is -0.339 e. The Kier molecular flexibility index (Phi) is 2.93. The van der Waals surface area contributed by atoms with Gasteiger partial charge in [-0.3, -0.25) is 9.59 Å². The Bertz CT molecular complexity index is 278. The molecule has 1 unspecified atom stereocenters. The van der Waals surface area contributed by atoms with Gasteiger partial charge in [-0.2, -0.15) is 0 Å². The van der Waals surface area contributed by atoms with E-state index in [0.717, 1.165) is 32.5 Å². The van der Waals surface area contributed by atoms with Gasteiger partial charge in [0.25, 0.3) is 0 Å². The largest absolute Gasteiger partial charge is 0.339 e. The maximum atomic E-state index is 11.7.